The van der Waals surface area contributed by atoms with Gasteiger partial charge in [-0.2, -0.15) is 0 Å². The molecule has 0 aliphatic heterocycles. The van der Waals surface area contributed by atoms with Crippen LogP contribution in [0.2, 0.25) is 0 Å². The average molecular weight is 264 g/mol. The summed E-state index contributed by atoms with van der Waals surface area (Å²) >= 11 is 0. The lowest BCUT2D eigenvalue weighted by molar-refractivity contribution is 0.0942. The Kier molecular flexibility index (Phi) is 4.27. The Hall–Kier alpha value is -1.75. The number of hydrogen-bond donors (Lipinski definition) is 4. The summed E-state index contributed by atoms with van der Waals surface area (Å²) in [4.78, 5) is 11.9. The monoisotopic (exact) mass is 264 g/mol. The van der Waals surface area contributed by atoms with E-state index in [2.05, 4.69) is 5.32 Å². The molecule has 0 heterocycles. The fourth-order valence-corrected chi connectivity index (χ4v) is 2.40. The smallest absolute Gasteiger partial charge is 0.251 e. The Morgan fingerprint density at radius 3 is 2.53 bits per heavy atom. The maximum Gasteiger partial charge on any atom is 0.251 e. The molecule has 104 valence electrons. The van der Waals surface area contributed by atoms with Crippen molar-refractivity contribution in [1.29, 1.82) is 0 Å². The van der Waals surface area contributed by atoms with E-state index in [1.807, 2.05) is 0 Å². The quantitative estimate of drug-likeness (QED) is 0.620. The molecule has 0 bridgehead atoms. The molecular weight excluding hydrogens is 244 g/mol. The number of amides is 1. The Labute approximate surface area is 112 Å². The zero-order valence-electron chi connectivity index (χ0n) is 10.8. The Morgan fingerprint density at radius 1 is 1.21 bits per heavy atom. The number of rotatable bonds is 3. The first-order valence-electron chi connectivity index (χ1n) is 6.62. The SMILES string of the molecule is NC1CCC(CNC(=O)c2ccc(O)c(O)c2)CC1. The summed E-state index contributed by atoms with van der Waals surface area (Å²) in [6, 6.07) is 4.37. The molecule has 1 aromatic carbocycles. The van der Waals surface area contributed by atoms with E-state index in [4.69, 9.17) is 5.73 Å². The minimum atomic E-state index is -0.281. The van der Waals surface area contributed by atoms with Crippen molar-refractivity contribution in [1.82, 2.24) is 5.32 Å². The molecule has 0 saturated heterocycles. The van der Waals surface area contributed by atoms with E-state index in [0.29, 0.717) is 24.1 Å². The zero-order chi connectivity index (χ0) is 13.8. The van der Waals surface area contributed by atoms with Crippen LogP contribution in [0.1, 0.15) is 36.0 Å². The number of aromatic hydroxyl groups is 2. The van der Waals surface area contributed by atoms with Crippen molar-refractivity contribution in [3.63, 3.8) is 0 Å². The molecule has 1 aliphatic rings. The molecule has 0 unspecified atom stereocenters. The number of phenols is 2. The van der Waals surface area contributed by atoms with Gasteiger partial charge in [0.1, 0.15) is 0 Å². The Morgan fingerprint density at radius 2 is 1.89 bits per heavy atom. The molecule has 2 rings (SSSR count). The summed E-state index contributed by atoms with van der Waals surface area (Å²) in [5.74, 6) is -0.256. The first kappa shape index (κ1) is 13.7. The molecule has 5 heteroatoms. The predicted molar refractivity (Wildman–Crippen MR) is 72.0 cm³/mol. The van der Waals surface area contributed by atoms with Gasteiger partial charge >= 0.3 is 0 Å². The summed E-state index contributed by atoms with van der Waals surface area (Å²) in [6.45, 7) is 0.632. The number of nitrogens with two attached hydrogens (primary N) is 1. The van der Waals surface area contributed by atoms with E-state index in [1.165, 1.54) is 18.2 Å². The first-order chi connectivity index (χ1) is 9.06. The second-order valence-electron chi connectivity index (χ2n) is 5.19. The van der Waals surface area contributed by atoms with E-state index in [0.717, 1.165) is 25.7 Å². The van der Waals surface area contributed by atoms with E-state index in [-0.39, 0.29) is 17.4 Å². The summed E-state index contributed by atoms with van der Waals surface area (Å²) in [5, 5.41) is 21.4. The van der Waals surface area contributed by atoms with Gasteiger partial charge in [-0.1, -0.05) is 0 Å². The Bertz CT molecular complexity index is 454. The third kappa shape index (κ3) is 3.61. The summed E-state index contributed by atoms with van der Waals surface area (Å²) < 4.78 is 0. The van der Waals surface area contributed by atoms with Crippen molar-refractivity contribution >= 4 is 5.91 Å². The second kappa shape index (κ2) is 5.93. The lowest BCUT2D eigenvalue weighted by Gasteiger charge is -2.26. The van der Waals surface area contributed by atoms with Gasteiger partial charge in [0.25, 0.3) is 5.91 Å². The lowest BCUT2D eigenvalue weighted by atomic mass is 9.86. The van der Waals surface area contributed by atoms with E-state index in [1.54, 1.807) is 0 Å². The molecule has 1 saturated carbocycles. The number of nitrogens with one attached hydrogen (secondary N) is 1. The maximum atomic E-state index is 11.9. The highest BCUT2D eigenvalue weighted by Crippen LogP contribution is 2.25. The van der Waals surface area contributed by atoms with E-state index >= 15 is 0 Å². The molecule has 0 radical (unpaired) electrons. The van der Waals surface area contributed by atoms with Crippen LogP contribution in [0.15, 0.2) is 18.2 Å². The number of benzene rings is 1. The minimum Gasteiger partial charge on any atom is -0.504 e. The van der Waals surface area contributed by atoms with Crippen molar-refractivity contribution in [2.45, 2.75) is 31.7 Å². The topological polar surface area (TPSA) is 95.6 Å². The van der Waals surface area contributed by atoms with Crippen LogP contribution in [-0.4, -0.2) is 28.7 Å². The highest BCUT2D eigenvalue weighted by atomic mass is 16.3. The molecule has 5 N–H and O–H groups in total. The van der Waals surface area contributed by atoms with Crippen LogP contribution in [0.4, 0.5) is 0 Å². The van der Waals surface area contributed by atoms with Crippen molar-refractivity contribution < 1.29 is 15.0 Å². The molecule has 19 heavy (non-hydrogen) atoms. The van der Waals surface area contributed by atoms with Crippen LogP contribution in [0.3, 0.4) is 0 Å². The minimum absolute atomic E-state index is 0.224. The van der Waals surface area contributed by atoms with Crippen LogP contribution >= 0.6 is 0 Å². The standard InChI is InChI=1S/C14H20N2O3/c15-11-4-1-9(2-5-11)8-16-14(19)10-3-6-12(17)13(18)7-10/h3,6-7,9,11,17-18H,1-2,4-5,8,15H2,(H,16,19). The number of carbonyl (C=O) groups excluding carboxylic acids is 1. The van der Waals surface area contributed by atoms with Gasteiger partial charge in [0.05, 0.1) is 0 Å². The van der Waals surface area contributed by atoms with Gasteiger partial charge in [-0.3, -0.25) is 4.79 Å². The van der Waals surface area contributed by atoms with Crippen molar-refractivity contribution in [3.8, 4) is 11.5 Å². The van der Waals surface area contributed by atoms with Crippen LogP contribution in [-0.2, 0) is 0 Å². The van der Waals surface area contributed by atoms with Gasteiger partial charge in [-0.25, -0.2) is 0 Å². The summed E-state index contributed by atoms with van der Waals surface area (Å²) in [6.07, 6.45) is 4.12. The molecule has 1 amide bonds. The first-order valence-corrected chi connectivity index (χ1v) is 6.62. The highest BCUT2D eigenvalue weighted by molar-refractivity contribution is 5.94. The van der Waals surface area contributed by atoms with Gasteiger partial charge in [0, 0.05) is 18.2 Å². The van der Waals surface area contributed by atoms with Crippen molar-refractivity contribution in [2.75, 3.05) is 6.54 Å². The molecule has 0 atom stereocenters. The van der Waals surface area contributed by atoms with E-state index in [9.17, 15) is 15.0 Å². The van der Waals surface area contributed by atoms with Crippen molar-refractivity contribution in [2.24, 2.45) is 11.7 Å². The molecule has 0 spiro atoms. The Balaban J connectivity index is 1.85. The summed E-state index contributed by atoms with van der Waals surface area (Å²) in [5.41, 5.74) is 6.19. The van der Waals surface area contributed by atoms with Crippen LogP contribution in [0.5, 0.6) is 11.5 Å². The molecule has 1 aliphatic carbocycles. The highest BCUT2D eigenvalue weighted by Gasteiger charge is 2.19. The fraction of sp³-hybridized carbons (Fsp3) is 0.500. The second-order valence-corrected chi connectivity index (χ2v) is 5.19. The molecule has 0 aromatic heterocycles. The molecule has 1 fully saturated rings. The van der Waals surface area contributed by atoms with Crippen molar-refractivity contribution in [3.05, 3.63) is 23.8 Å². The van der Waals surface area contributed by atoms with Crippen LogP contribution in [0, 0.1) is 5.92 Å². The zero-order valence-corrected chi connectivity index (χ0v) is 10.8. The molecular formula is C14H20N2O3. The fourth-order valence-electron chi connectivity index (χ4n) is 2.40. The van der Waals surface area contributed by atoms with Gasteiger partial charge < -0.3 is 21.3 Å². The van der Waals surface area contributed by atoms with Gasteiger partial charge in [0.2, 0.25) is 0 Å². The number of phenolic OH excluding ortho intramolecular Hbond substituents is 2. The third-order valence-electron chi connectivity index (χ3n) is 3.68. The predicted octanol–water partition coefficient (Wildman–Crippen LogP) is 1.35. The number of hydrogen-bond acceptors (Lipinski definition) is 4. The van der Waals surface area contributed by atoms with Gasteiger partial charge in [0.15, 0.2) is 11.5 Å². The van der Waals surface area contributed by atoms with E-state index < -0.39 is 0 Å². The van der Waals surface area contributed by atoms with Crippen LogP contribution < -0.4 is 11.1 Å². The third-order valence-corrected chi connectivity index (χ3v) is 3.68. The van der Waals surface area contributed by atoms with Gasteiger partial charge in [-0.05, 0) is 49.8 Å². The van der Waals surface area contributed by atoms with Crippen LogP contribution in [0.25, 0.3) is 0 Å². The summed E-state index contributed by atoms with van der Waals surface area (Å²) in [7, 11) is 0. The number of carbonyl (C=O) groups is 1. The lowest BCUT2D eigenvalue weighted by Crippen LogP contribution is -2.34. The maximum absolute atomic E-state index is 11.9. The molecule has 1 aromatic rings. The van der Waals surface area contributed by atoms with Gasteiger partial charge in [-0.15, -0.1) is 0 Å². The average Bonchev–Trinajstić information content (AvgIpc) is 2.41. The normalized spacial score (nSPS) is 23.0. The largest absolute Gasteiger partial charge is 0.504 e. The molecule has 5 nitrogen and oxygen atoms in total.